The van der Waals surface area contributed by atoms with Gasteiger partial charge in [-0.1, -0.05) is 12.1 Å². The number of ether oxygens (including phenoxy) is 1. The molecule has 0 unspecified atom stereocenters. The molecule has 0 saturated heterocycles. The molecule has 8 nitrogen and oxygen atoms in total. The van der Waals surface area contributed by atoms with Crippen LogP contribution in [0.1, 0.15) is 35.7 Å². The number of hydrogen-bond acceptors (Lipinski definition) is 6. The lowest BCUT2D eigenvalue weighted by Crippen LogP contribution is -2.48. The molecule has 126 valence electrons. The third-order valence-electron chi connectivity index (χ3n) is 4.00. The molecular formula is C16H17N3O5. The predicted octanol–water partition coefficient (Wildman–Crippen LogP) is 1.87. The lowest BCUT2D eigenvalue weighted by Gasteiger charge is -2.22. The summed E-state index contributed by atoms with van der Waals surface area (Å²) >= 11 is 0. The molecule has 1 amide bonds. The van der Waals surface area contributed by atoms with Crippen molar-refractivity contribution in [1.29, 1.82) is 5.26 Å². The van der Waals surface area contributed by atoms with E-state index in [1.165, 1.54) is 25.1 Å². The molecule has 1 aromatic rings. The fourth-order valence-electron chi connectivity index (χ4n) is 2.48. The molecule has 0 spiro atoms. The Hall–Kier alpha value is -2.95. The van der Waals surface area contributed by atoms with Crippen LogP contribution in [0, 0.1) is 34.3 Å². The van der Waals surface area contributed by atoms with Crippen LogP contribution in [0.5, 0.6) is 0 Å². The average Bonchev–Trinajstić information content (AvgIpc) is 3.37. The highest BCUT2D eigenvalue weighted by Crippen LogP contribution is 2.39. The van der Waals surface area contributed by atoms with Gasteiger partial charge < -0.3 is 10.1 Å². The Morgan fingerprint density at radius 2 is 2.17 bits per heavy atom. The van der Waals surface area contributed by atoms with E-state index in [4.69, 9.17) is 4.74 Å². The Balaban J connectivity index is 2.01. The van der Waals surface area contributed by atoms with Crippen LogP contribution in [0.3, 0.4) is 0 Å². The molecule has 0 aromatic heterocycles. The number of benzene rings is 1. The summed E-state index contributed by atoms with van der Waals surface area (Å²) in [6.45, 7) is 2.53. The molecule has 1 aliphatic carbocycles. The maximum Gasteiger partial charge on any atom is 0.345 e. The monoisotopic (exact) mass is 331 g/mol. The molecule has 0 radical (unpaired) electrons. The summed E-state index contributed by atoms with van der Waals surface area (Å²) in [6, 6.07) is 6.34. The van der Waals surface area contributed by atoms with Gasteiger partial charge in [0.15, 0.2) is 6.61 Å². The second-order valence-corrected chi connectivity index (χ2v) is 5.94. The predicted molar refractivity (Wildman–Crippen MR) is 83.0 cm³/mol. The number of nitro benzene ring substituents is 1. The van der Waals surface area contributed by atoms with E-state index < -0.39 is 28.9 Å². The summed E-state index contributed by atoms with van der Waals surface area (Å²) in [7, 11) is 0. The van der Waals surface area contributed by atoms with E-state index >= 15 is 0 Å². The minimum absolute atomic E-state index is 0.0972. The minimum atomic E-state index is -0.987. The van der Waals surface area contributed by atoms with Crippen molar-refractivity contribution in [2.75, 3.05) is 6.61 Å². The fourth-order valence-corrected chi connectivity index (χ4v) is 2.48. The second kappa shape index (κ2) is 6.66. The Bertz CT molecular complexity index is 736. The van der Waals surface area contributed by atoms with Crippen molar-refractivity contribution in [3.8, 4) is 6.07 Å². The number of nitriles is 1. The van der Waals surface area contributed by atoms with Crippen molar-refractivity contribution in [2.45, 2.75) is 32.2 Å². The first-order chi connectivity index (χ1) is 11.3. The first-order valence-corrected chi connectivity index (χ1v) is 7.42. The molecule has 1 fully saturated rings. The molecule has 0 bridgehead atoms. The summed E-state index contributed by atoms with van der Waals surface area (Å²) < 4.78 is 4.86. The highest BCUT2D eigenvalue weighted by molar-refractivity contribution is 5.95. The van der Waals surface area contributed by atoms with Gasteiger partial charge >= 0.3 is 5.97 Å². The van der Waals surface area contributed by atoms with E-state index in [0.29, 0.717) is 5.56 Å². The van der Waals surface area contributed by atoms with Gasteiger partial charge in [-0.05, 0) is 38.7 Å². The number of carbonyl (C=O) groups is 2. The average molecular weight is 331 g/mol. The molecule has 0 heterocycles. The number of carbonyl (C=O) groups excluding carboxylic acids is 2. The van der Waals surface area contributed by atoms with Gasteiger partial charge in [0.25, 0.3) is 11.6 Å². The van der Waals surface area contributed by atoms with E-state index in [1.807, 2.05) is 0 Å². The number of amides is 1. The molecule has 1 saturated carbocycles. The van der Waals surface area contributed by atoms with Gasteiger partial charge in [-0.2, -0.15) is 5.26 Å². The van der Waals surface area contributed by atoms with Gasteiger partial charge in [-0.3, -0.25) is 14.9 Å². The van der Waals surface area contributed by atoms with Crippen LogP contribution in [-0.2, 0) is 9.53 Å². The summed E-state index contributed by atoms with van der Waals surface area (Å²) in [5.41, 5.74) is -1.22. The second-order valence-electron chi connectivity index (χ2n) is 5.94. The Morgan fingerprint density at radius 3 is 2.71 bits per heavy atom. The van der Waals surface area contributed by atoms with Crippen LogP contribution in [0.15, 0.2) is 18.2 Å². The molecule has 2 rings (SSSR count). The fraction of sp³-hybridized carbons (Fsp3) is 0.438. The first-order valence-electron chi connectivity index (χ1n) is 7.42. The van der Waals surface area contributed by atoms with E-state index in [-0.39, 0.29) is 17.2 Å². The number of aryl methyl sites for hydroxylation is 1. The molecule has 24 heavy (non-hydrogen) atoms. The lowest BCUT2D eigenvalue weighted by atomic mass is 9.98. The number of nitrogens with one attached hydrogen (secondary N) is 1. The Kier molecular flexibility index (Phi) is 4.83. The molecular weight excluding hydrogens is 314 g/mol. The maximum absolute atomic E-state index is 12.0. The third kappa shape index (κ3) is 3.68. The lowest BCUT2D eigenvalue weighted by molar-refractivity contribution is -0.385. The summed E-state index contributed by atoms with van der Waals surface area (Å²) in [4.78, 5) is 34.3. The van der Waals surface area contributed by atoms with Gasteiger partial charge in [0.2, 0.25) is 0 Å². The van der Waals surface area contributed by atoms with Crippen LogP contribution < -0.4 is 5.32 Å². The van der Waals surface area contributed by atoms with Crippen LogP contribution in [0.25, 0.3) is 0 Å². The zero-order valence-electron chi connectivity index (χ0n) is 13.4. The number of esters is 1. The van der Waals surface area contributed by atoms with Gasteiger partial charge in [0.1, 0.15) is 11.1 Å². The number of hydrogen-bond donors (Lipinski definition) is 1. The number of nitrogens with zero attached hydrogens (tertiary/aromatic N) is 2. The standard InChI is InChI=1S/C16H17N3O5/c1-10-4-3-5-12(14(10)19(22)23)15(21)24-8-13(20)18-16(2,9-17)11-6-7-11/h3-5,11H,6-8H2,1-2H3,(H,18,20)/t16-/m1/s1. The van der Waals surface area contributed by atoms with Crippen molar-refractivity contribution >= 4 is 17.6 Å². The topological polar surface area (TPSA) is 122 Å². The quantitative estimate of drug-likeness (QED) is 0.482. The van der Waals surface area contributed by atoms with Crippen LogP contribution in [-0.4, -0.2) is 28.9 Å². The SMILES string of the molecule is Cc1cccc(C(=O)OCC(=O)N[C@](C)(C#N)C2CC2)c1[N+](=O)[O-]. The van der Waals surface area contributed by atoms with E-state index in [0.717, 1.165) is 12.8 Å². The summed E-state index contributed by atoms with van der Waals surface area (Å²) in [6.07, 6.45) is 1.72. The van der Waals surface area contributed by atoms with Crippen LogP contribution in [0.2, 0.25) is 0 Å². The van der Waals surface area contributed by atoms with Crippen LogP contribution in [0.4, 0.5) is 5.69 Å². The molecule has 1 aliphatic rings. The van der Waals surface area contributed by atoms with Crippen LogP contribution >= 0.6 is 0 Å². The first kappa shape index (κ1) is 17.4. The van der Waals surface area contributed by atoms with Crippen molar-refractivity contribution in [3.05, 3.63) is 39.4 Å². The normalized spacial score (nSPS) is 15.7. The van der Waals surface area contributed by atoms with Gasteiger partial charge in [0.05, 0.1) is 11.0 Å². The number of rotatable bonds is 6. The molecule has 8 heteroatoms. The van der Waals surface area contributed by atoms with Gasteiger partial charge in [-0.15, -0.1) is 0 Å². The maximum atomic E-state index is 12.0. The Morgan fingerprint density at radius 1 is 1.50 bits per heavy atom. The van der Waals surface area contributed by atoms with E-state index in [9.17, 15) is 25.0 Å². The van der Waals surface area contributed by atoms with Crippen molar-refractivity contribution in [1.82, 2.24) is 5.32 Å². The van der Waals surface area contributed by atoms with Crippen molar-refractivity contribution in [3.63, 3.8) is 0 Å². The minimum Gasteiger partial charge on any atom is -0.452 e. The van der Waals surface area contributed by atoms with E-state index in [2.05, 4.69) is 11.4 Å². The summed E-state index contributed by atoms with van der Waals surface area (Å²) in [5.74, 6) is -1.47. The third-order valence-corrected chi connectivity index (χ3v) is 4.00. The van der Waals surface area contributed by atoms with Crippen molar-refractivity contribution in [2.24, 2.45) is 5.92 Å². The van der Waals surface area contributed by atoms with Gasteiger partial charge in [-0.25, -0.2) is 4.79 Å². The highest BCUT2D eigenvalue weighted by atomic mass is 16.6. The largest absolute Gasteiger partial charge is 0.452 e. The van der Waals surface area contributed by atoms with Gasteiger partial charge in [0, 0.05) is 5.56 Å². The van der Waals surface area contributed by atoms with E-state index in [1.54, 1.807) is 6.92 Å². The molecule has 0 aliphatic heterocycles. The zero-order chi connectivity index (χ0) is 17.9. The highest BCUT2D eigenvalue weighted by Gasteiger charge is 2.43. The molecule has 1 aromatic carbocycles. The number of para-hydroxylation sites is 1. The summed E-state index contributed by atoms with van der Waals surface area (Å²) in [5, 5.41) is 22.8. The smallest absolute Gasteiger partial charge is 0.345 e. The molecule has 1 atom stereocenters. The number of nitro groups is 1. The Labute approximate surface area is 138 Å². The molecule has 1 N–H and O–H groups in total. The van der Waals surface area contributed by atoms with Crippen molar-refractivity contribution < 1.29 is 19.2 Å². The zero-order valence-corrected chi connectivity index (χ0v) is 13.4.